The van der Waals surface area contributed by atoms with Crippen molar-refractivity contribution in [2.24, 2.45) is 0 Å². The Morgan fingerprint density at radius 3 is 2.23 bits per heavy atom. The second-order valence-corrected chi connectivity index (χ2v) is 9.15. The third-order valence-corrected chi connectivity index (χ3v) is 5.81. The molecule has 0 saturated carbocycles. The minimum atomic E-state index is -0.605. The van der Waals surface area contributed by atoms with Crippen LogP contribution < -0.4 is 0 Å². The molecule has 0 amide bonds. The van der Waals surface area contributed by atoms with Gasteiger partial charge in [0, 0.05) is 19.6 Å². The first-order valence-corrected chi connectivity index (χ1v) is 10.3. The molecule has 2 N–H and O–H groups in total. The van der Waals surface area contributed by atoms with Crippen molar-refractivity contribution in [2.75, 3.05) is 32.7 Å². The molecule has 0 aromatic heterocycles. The summed E-state index contributed by atoms with van der Waals surface area (Å²) < 4.78 is 0. The topological polar surface area (TPSA) is 46.9 Å². The van der Waals surface area contributed by atoms with Crippen molar-refractivity contribution in [1.82, 2.24) is 9.80 Å². The largest absolute Gasteiger partial charge is 0.390 e. The van der Waals surface area contributed by atoms with Crippen LogP contribution >= 0.6 is 0 Å². The van der Waals surface area contributed by atoms with E-state index in [1.54, 1.807) is 0 Å². The molecule has 26 heavy (non-hydrogen) atoms. The van der Waals surface area contributed by atoms with Crippen LogP contribution in [0, 0.1) is 0 Å². The normalized spacial score (nSPS) is 25.7. The fraction of sp³-hybridized carbons (Fsp3) is 0.727. The molecule has 2 aliphatic rings. The van der Waals surface area contributed by atoms with Gasteiger partial charge in [-0.25, -0.2) is 0 Å². The van der Waals surface area contributed by atoms with Crippen molar-refractivity contribution in [3.63, 3.8) is 0 Å². The quantitative estimate of drug-likeness (QED) is 0.785. The van der Waals surface area contributed by atoms with Gasteiger partial charge in [-0.15, -0.1) is 0 Å². The molecule has 4 heteroatoms. The summed E-state index contributed by atoms with van der Waals surface area (Å²) in [6.45, 7) is 9.62. The van der Waals surface area contributed by atoms with E-state index in [0.29, 0.717) is 0 Å². The fourth-order valence-corrected chi connectivity index (χ4v) is 4.35. The maximum atomic E-state index is 11.1. The fourth-order valence-electron chi connectivity index (χ4n) is 4.35. The van der Waals surface area contributed by atoms with E-state index in [1.165, 1.54) is 24.0 Å². The van der Waals surface area contributed by atoms with Crippen molar-refractivity contribution < 1.29 is 10.2 Å². The van der Waals surface area contributed by atoms with E-state index in [2.05, 4.69) is 34.1 Å². The summed E-state index contributed by atoms with van der Waals surface area (Å²) in [5, 5.41) is 20.9. The van der Waals surface area contributed by atoms with E-state index in [9.17, 15) is 10.2 Å². The molecular formula is C22H36N2O2. The van der Waals surface area contributed by atoms with Crippen molar-refractivity contribution in [2.45, 2.75) is 70.1 Å². The van der Waals surface area contributed by atoms with Gasteiger partial charge in [0.05, 0.1) is 11.2 Å². The van der Waals surface area contributed by atoms with Crippen molar-refractivity contribution in [1.29, 1.82) is 0 Å². The SMILES string of the molecule is CC(C)(O)CCc1ccc(CN2CCC[C@@](O)(CN3CCCC3)C2)cc1. The summed E-state index contributed by atoms with van der Waals surface area (Å²) in [6, 6.07) is 8.77. The second kappa shape index (κ2) is 8.39. The van der Waals surface area contributed by atoms with E-state index in [4.69, 9.17) is 0 Å². The van der Waals surface area contributed by atoms with Gasteiger partial charge in [0.25, 0.3) is 0 Å². The molecule has 2 heterocycles. The van der Waals surface area contributed by atoms with Crippen molar-refractivity contribution in [3.05, 3.63) is 35.4 Å². The van der Waals surface area contributed by atoms with E-state index in [-0.39, 0.29) is 0 Å². The summed E-state index contributed by atoms with van der Waals surface area (Å²) in [6.07, 6.45) is 6.24. The van der Waals surface area contributed by atoms with Crippen LogP contribution in [0.3, 0.4) is 0 Å². The number of β-amino-alcohol motifs (C(OH)–C–C–N with tert-alkyl or cyclic N) is 1. The number of aliphatic hydroxyl groups is 2. The maximum Gasteiger partial charge on any atom is 0.0900 e. The number of aryl methyl sites for hydroxylation is 1. The standard InChI is InChI=1S/C22H36N2O2/c1-21(2,25)12-10-19-6-8-20(9-7-19)16-24-15-5-11-22(26,18-24)17-23-13-3-4-14-23/h6-9,25-26H,3-5,10-18H2,1-2H3/t22-/m1/s1. The molecule has 0 unspecified atom stereocenters. The van der Waals surface area contributed by atoms with E-state index in [0.717, 1.165) is 65.0 Å². The third kappa shape index (κ3) is 6.05. The third-order valence-electron chi connectivity index (χ3n) is 5.81. The highest BCUT2D eigenvalue weighted by atomic mass is 16.3. The highest BCUT2D eigenvalue weighted by Crippen LogP contribution is 2.25. The summed E-state index contributed by atoms with van der Waals surface area (Å²) in [7, 11) is 0. The van der Waals surface area contributed by atoms with Crippen LogP contribution in [0.1, 0.15) is 57.1 Å². The lowest BCUT2D eigenvalue weighted by molar-refractivity contribution is -0.0519. The number of rotatable bonds is 7. The molecule has 1 atom stereocenters. The van der Waals surface area contributed by atoms with Gasteiger partial charge < -0.3 is 15.1 Å². The molecule has 1 aromatic carbocycles. The summed E-state index contributed by atoms with van der Waals surface area (Å²) >= 11 is 0. The molecule has 2 fully saturated rings. The molecule has 0 spiro atoms. The average molecular weight is 361 g/mol. The van der Waals surface area contributed by atoms with E-state index in [1.807, 2.05) is 13.8 Å². The van der Waals surface area contributed by atoms with Gasteiger partial charge in [0.15, 0.2) is 0 Å². The summed E-state index contributed by atoms with van der Waals surface area (Å²) in [5.74, 6) is 0. The average Bonchev–Trinajstić information content (AvgIpc) is 3.06. The van der Waals surface area contributed by atoms with Crippen molar-refractivity contribution in [3.8, 4) is 0 Å². The van der Waals surface area contributed by atoms with E-state index >= 15 is 0 Å². The molecule has 4 nitrogen and oxygen atoms in total. The monoisotopic (exact) mass is 360 g/mol. The van der Waals surface area contributed by atoms with Crippen molar-refractivity contribution >= 4 is 0 Å². The zero-order chi connectivity index (χ0) is 18.6. The number of piperidine rings is 1. The lowest BCUT2D eigenvalue weighted by atomic mass is 9.91. The van der Waals surface area contributed by atoms with Crippen LogP contribution in [-0.4, -0.2) is 63.9 Å². The predicted molar refractivity (Wildman–Crippen MR) is 106 cm³/mol. The van der Waals surface area contributed by atoms with E-state index < -0.39 is 11.2 Å². The molecule has 146 valence electrons. The molecule has 2 aliphatic heterocycles. The number of hydrogen-bond acceptors (Lipinski definition) is 4. The van der Waals surface area contributed by atoms with Gasteiger partial charge in [-0.3, -0.25) is 4.90 Å². The Labute approximate surface area is 158 Å². The molecule has 0 radical (unpaired) electrons. The van der Waals surface area contributed by atoms with Crippen LogP contribution in [-0.2, 0) is 13.0 Å². The Hall–Kier alpha value is -0.940. The Bertz CT molecular complexity index is 561. The van der Waals surface area contributed by atoms with Gasteiger partial charge in [-0.05, 0) is 83.1 Å². The number of likely N-dealkylation sites (tertiary alicyclic amines) is 2. The Kier molecular flexibility index (Phi) is 6.39. The first kappa shape index (κ1) is 19.8. The summed E-state index contributed by atoms with van der Waals surface area (Å²) in [5.41, 5.74) is 1.43. The zero-order valence-corrected chi connectivity index (χ0v) is 16.6. The van der Waals surface area contributed by atoms with Crippen LogP contribution in [0.2, 0.25) is 0 Å². The van der Waals surface area contributed by atoms with Crippen LogP contribution in [0.25, 0.3) is 0 Å². The zero-order valence-electron chi connectivity index (χ0n) is 16.6. The van der Waals surface area contributed by atoms with Gasteiger partial charge in [-0.2, -0.15) is 0 Å². The first-order chi connectivity index (χ1) is 12.3. The van der Waals surface area contributed by atoms with Crippen LogP contribution in [0.5, 0.6) is 0 Å². The van der Waals surface area contributed by atoms with Gasteiger partial charge in [0.1, 0.15) is 0 Å². The summed E-state index contributed by atoms with van der Waals surface area (Å²) in [4.78, 5) is 4.84. The predicted octanol–water partition coefficient (Wildman–Crippen LogP) is 2.81. The highest BCUT2D eigenvalue weighted by molar-refractivity contribution is 5.23. The molecule has 1 aromatic rings. The van der Waals surface area contributed by atoms with Crippen LogP contribution in [0.15, 0.2) is 24.3 Å². The maximum absolute atomic E-state index is 11.1. The number of nitrogens with zero attached hydrogens (tertiary/aromatic N) is 2. The molecule has 2 saturated heterocycles. The molecule has 0 bridgehead atoms. The molecule has 3 rings (SSSR count). The Balaban J connectivity index is 1.51. The van der Waals surface area contributed by atoms with Crippen LogP contribution in [0.4, 0.5) is 0 Å². The minimum Gasteiger partial charge on any atom is -0.390 e. The number of benzene rings is 1. The van der Waals surface area contributed by atoms with Gasteiger partial charge in [0.2, 0.25) is 0 Å². The Morgan fingerprint density at radius 1 is 0.962 bits per heavy atom. The smallest absolute Gasteiger partial charge is 0.0900 e. The lowest BCUT2D eigenvalue weighted by Gasteiger charge is -2.41. The van der Waals surface area contributed by atoms with Gasteiger partial charge in [-0.1, -0.05) is 24.3 Å². The minimum absolute atomic E-state index is 0.546. The highest BCUT2D eigenvalue weighted by Gasteiger charge is 2.35. The van der Waals surface area contributed by atoms with Gasteiger partial charge >= 0.3 is 0 Å². The molecule has 0 aliphatic carbocycles. The molecular weight excluding hydrogens is 324 g/mol. The second-order valence-electron chi connectivity index (χ2n) is 9.15. The Morgan fingerprint density at radius 2 is 1.58 bits per heavy atom. The number of hydrogen-bond donors (Lipinski definition) is 2. The first-order valence-electron chi connectivity index (χ1n) is 10.3. The lowest BCUT2D eigenvalue weighted by Crippen LogP contribution is -2.53.